The van der Waals surface area contributed by atoms with Gasteiger partial charge in [-0.3, -0.25) is 4.79 Å². The van der Waals surface area contributed by atoms with Gasteiger partial charge in [0.2, 0.25) is 5.13 Å². The molecule has 3 rings (SSSR count). The number of aryl methyl sites for hydroxylation is 2. The molecule has 0 saturated carbocycles. The molecule has 124 valence electrons. The van der Waals surface area contributed by atoms with Crippen molar-refractivity contribution in [3.05, 3.63) is 53.3 Å². The zero-order chi connectivity index (χ0) is 17.1. The van der Waals surface area contributed by atoms with Crippen LogP contribution < -0.4 is 5.32 Å². The summed E-state index contributed by atoms with van der Waals surface area (Å²) in [5.41, 5.74) is 4.16. The van der Waals surface area contributed by atoms with Gasteiger partial charge < -0.3 is 9.88 Å². The Morgan fingerprint density at radius 2 is 2.08 bits per heavy atom. The van der Waals surface area contributed by atoms with Gasteiger partial charge in [0.25, 0.3) is 0 Å². The van der Waals surface area contributed by atoms with Crippen molar-refractivity contribution in [3.63, 3.8) is 0 Å². The molecule has 0 spiro atoms. The van der Waals surface area contributed by atoms with Crippen LogP contribution in [0.15, 0.2) is 40.9 Å². The molecule has 3 aromatic rings. The molecule has 1 N–H and O–H groups in total. The summed E-state index contributed by atoms with van der Waals surface area (Å²) in [7, 11) is 1.87. The average molecular weight is 358 g/mol. The van der Waals surface area contributed by atoms with E-state index in [0.717, 1.165) is 15.2 Å². The number of carbonyl (C=O) groups is 1. The van der Waals surface area contributed by atoms with Crippen LogP contribution in [0.4, 0.5) is 10.8 Å². The number of benzene rings is 1. The van der Waals surface area contributed by atoms with Crippen molar-refractivity contribution in [1.82, 2.24) is 14.8 Å². The predicted octanol–water partition coefficient (Wildman–Crippen LogP) is 4.21. The third kappa shape index (κ3) is 3.68. The molecular formula is C17H18N4OS2. The van der Waals surface area contributed by atoms with Gasteiger partial charge in [-0.1, -0.05) is 35.2 Å². The van der Waals surface area contributed by atoms with Gasteiger partial charge in [0.1, 0.15) is 0 Å². The number of carbonyl (C=O) groups excluding carboxylic acids is 1. The van der Waals surface area contributed by atoms with E-state index in [1.807, 2.05) is 42.1 Å². The van der Waals surface area contributed by atoms with Gasteiger partial charge in [-0.25, -0.2) is 0 Å². The van der Waals surface area contributed by atoms with E-state index in [1.54, 1.807) is 0 Å². The minimum Gasteiger partial charge on any atom is -0.348 e. The molecule has 0 aliphatic rings. The summed E-state index contributed by atoms with van der Waals surface area (Å²) >= 11 is 2.87. The zero-order valence-electron chi connectivity index (χ0n) is 13.7. The van der Waals surface area contributed by atoms with Gasteiger partial charge in [0, 0.05) is 18.9 Å². The quantitative estimate of drug-likeness (QED) is 0.528. The van der Waals surface area contributed by atoms with Crippen molar-refractivity contribution in [2.75, 3.05) is 11.1 Å². The maximum atomic E-state index is 12.2. The summed E-state index contributed by atoms with van der Waals surface area (Å²) < 4.78 is 2.61. The normalized spacial score (nSPS) is 10.8. The van der Waals surface area contributed by atoms with Crippen LogP contribution in [0.1, 0.15) is 21.6 Å². The maximum absolute atomic E-state index is 12.2. The predicted molar refractivity (Wildman–Crippen MR) is 99.6 cm³/mol. The first-order chi connectivity index (χ1) is 11.5. The Morgan fingerprint density at radius 1 is 1.25 bits per heavy atom. The Morgan fingerprint density at radius 3 is 2.83 bits per heavy atom. The van der Waals surface area contributed by atoms with Crippen LogP contribution in [0.2, 0.25) is 0 Å². The minimum atomic E-state index is 0.0896. The van der Waals surface area contributed by atoms with Gasteiger partial charge in [-0.05, 0) is 43.2 Å². The average Bonchev–Trinajstić information content (AvgIpc) is 3.18. The van der Waals surface area contributed by atoms with Crippen LogP contribution in [-0.4, -0.2) is 26.3 Å². The van der Waals surface area contributed by atoms with Crippen molar-refractivity contribution in [2.45, 2.75) is 18.2 Å². The molecule has 0 aliphatic carbocycles. The molecule has 2 heterocycles. The molecule has 2 aromatic heterocycles. The standard InChI is InChI=1S/C17H18N4OS2/c1-11-6-4-7-13(12(11)2)18-16-19-20-17(24-16)23-10-15(22)14-8-5-9-21(14)3/h4-9H,10H2,1-3H3,(H,18,19). The Labute approximate surface area is 149 Å². The topological polar surface area (TPSA) is 59.8 Å². The molecule has 0 fully saturated rings. The van der Waals surface area contributed by atoms with Gasteiger partial charge in [-0.15, -0.1) is 10.2 Å². The maximum Gasteiger partial charge on any atom is 0.210 e. The number of nitrogens with zero attached hydrogens (tertiary/aromatic N) is 3. The fraction of sp³-hybridized carbons (Fsp3) is 0.235. The van der Waals surface area contributed by atoms with E-state index < -0.39 is 0 Å². The van der Waals surface area contributed by atoms with Crippen LogP contribution in [0.5, 0.6) is 0 Å². The molecular weight excluding hydrogens is 340 g/mol. The lowest BCUT2D eigenvalue weighted by Gasteiger charge is -2.08. The molecule has 1 aromatic carbocycles. The number of ketones is 1. The molecule has 0 aliphatic heterocycles. The molecule has 0 saturated heterocycles. The first-order valence-electron chi connectivity index (χ1n) is 7.48. The fourth-order valence-corrected chi connectivity index (χ4v) is 3.91. The van der Waals surface area contributed by atoms with Gasteiger partial charge >= 0.3 is 0 Å². The third-order valence-electron chi connectivity index (χ3n) is 3.81. The smallest absolute Gasteiger partial charge is 0.210 e. The summed E-state index contributed by atoms with van der Waals surface area (Å²) in [6.07, 6.45) is 1.87. The van der Waals surface area contributed by atoms with Crippen molar-refractivity contribution in [2.24, 2.45) is 7.05 Å². The summed E-state index contributed by atoms with van der Waals surface area (Å²) in [5, 5.41) is 12.3. The molecule has 24 heavy (non-hydrogen) atoms. The Bertz CT molecular complexity index is 869. The number of nitrogens with one attached hydrogen (secondary N) is 1. The van der Waals surface area contributed by atoms with E-state index in [0.29, 0.717) is 11.4 Å². The van der Waals surface area contributed by atoms with Gasteiger partial charge in [0.05, 0.1) is 11.4 Å². The number of thioether (sulfide) groups is 1. The van der Waals surface area contributed by atoms with Gasteiger partial charge in [0.15, 0.2) is 10.1 Å². The molecule has 0 radical (unpaired) electrons. The van der Waals surface area contributed by atoms with Crippen LogP contribution in [0.25, 0.3) is 0 Å². The van der Waals surface area contributed by atoms with E-state index in [2.05, 4.69) is 35.4 Å². The van der Waals surface area contributed by atoms with Crippen LogP contribution >= 0.6 is 23.1 Å². The number of anilines is 2. The van der Waals surface area contributed by atoms with Crippen LogP contribution in [-0.2, 0) is 7.05 Å². The van der Waals surface area contributed by atoms with Crippen molar-refractivity contribution in [1.29, 1.82) is 0 Å². The summed E-state index contributed by atoms with van der Waals surface area (Å²) in [4.78, 5) is 12.2. The first-order valence-corrected chi connectivity index (χ1v) is 9.29. The summed E-state index contributed by atoms with van der Waals surface area (Å²) in [5.74, 6) is 0.447. The third-order valence-corrected chi connectivity index (χ3v) is 5.78. The second kappa shape index (κ2) is 7.19. The van der Waals surface area contributed by atoms with E-state index in [4.69, 9.17) is 0 Å². The lowest BCUT2D eigenvalue weighted by atomic mass is 10.1. The zero-order valence-corrected chi connectivity index (χ0v) is 15.4. The van der Waals surface area contributed by atoms with E-state index in [1.165, 1.54) is 34.2 Å². The van der Waals surface area contributed by atoms with Crippen LogP contribution in [0.3, 0.4) is 0 Å². The molecule has 0 atom stereocenters. The molecule has 7 heteroatoms. The van der Waals surface area contributed by atoms with Crippen molar-refractivity contribution >= 4 is 39.7 Å². The monoisotopic (exact) mass is 358 g/mol. The lowest BCUT2D eigenvalue weighted by molar-refractivity contribution is 0.101. The Kier molecular flexibility index (Phi) is 5.01. The number of aromatic nitrogens is 3. The SMILES string of the molecule is Cc1cccc(Nc2nnc(SCC(=O)c3cccn3C)s2)c1C. The largest absolute Gasteiger partial charge is 0.348 e. The van der Waals surface area contributed by atoms with E-state index in [-0.39, 0.29) is 5.78 Å². The highest BCUT2D eigenvalue weighted by Gasteiger charge is 2.12. The molecule has 0 unspecified atom stereocenters. The number of hydrogen-bond donors (Lipinski definition) is 1. The number of rotatable bonds is 6. The number of Topliss-reactive ketones (excluding diaryl/α,β-unsaturated/α-hetero) is 1. The molecule has 0 bridgehead atoms. The highest BCUT2D eigenvalue weighted by molar-refractivity contribution is 8.01. The van der Waals surface area contributed by atoms with Crippen LogP contribution in [0, 0.1) is 13.8 Å². The Hall–Kier alpha value is -2.12. The second-order valence-corrected chi connectivity index (χ2v) is 7.66. The summed E-state index contributed by atoms with van der Waals surface area (Å²) in [6.45, 7) is 4.16. The number of hydrogen-bond acceptors (Lipinski definition) is 6. The Balaban J connectivity index is 1.63. The van der Waals surface area contributed by atoms with Crippen molar-refractivity contribution < 1.29 is 4.79 Å². The second-order valence-electron chi connectivity index (χ2n) is 5.46. The van der Waals surface area contributed by atoms with Gasteiger partial charge in [-0.2, -0.15) is 0 Å². The highest BCUT2D eigenvalue weighted by Crippen LogP contribution is 2.29. The molecule has 0 amide bonds. The van der Waals surface area contributed by atoms with E-state index in [9.17, 15) is 4.79 Å². The lowest BCUT2D eigenvalue weighted by Crippen LogP contribution is -2.07. The van der Waals surface area contributed by atoms with Crippen molar-refractivity contribution in [3.8, 4) is 0 Å². The molecule has 5 nitrogen and oxygen atoms in total. The minimum absolute atomic E-state index is 0.0896. The first kappa shape index (κ1) is 16.7. The highest BCUT2D eigenvalue weighted by atomic mass is 32.2. The fourth-order valence-electron chi connectivity index (χ4n) is 2.27. The van der Waals surface area contributed by atoms with E-state index >= 15 is 0 Å². The summed E-state index contributed by atoms with van der Waals surface area (Å²) in [6, 6.07) is 9.82.